The molecule has 2 saturated heterocycles. The number of nitrogens with zero attached hydrogens (tertiary/aromatic N) is 3. The first-order chi connectivity index (χ1) is 17.3. The highest BCUT2D eigenvalue weighted by Gasteiger charge is 2.55. The van der Waals surface area contributed by atoms with Crippen LogP contribution in [-0.4, -0.2) is 60.7 Å². The first kappa shape index (κ1) is 27.2. The van der Waals surface area contributed by atoms with Gasteiger partial charge in [-0.25, -0.2) is 4.79 Å². The molecule has 2 heterocycles. The molecule has 1 saturated carbocycles. The first-order valence-electron chi connectivity index (χ1n) is 12.9. The average molecular weight is 494 g/mol. The second kappa shape index (κ2) is 12.5. The van der Waals surface area contributed by atoms with E-state index in [1.54, 1.807) is 12.3 Å². The molecule has 8 heteroatoms. The zero-order valence-electron chi connectivity index (χ0n) is 21.8. The fraction of sp³-hybridized carbons (Fsp3) is 0.500. The molecule has 1 aromatic carbocycles. The van der Waals surface area contributed by atoms with Gasteiger partial charge < -0.3 is 15.1 Å². The molecule has 8 nitrogen and oxygen atoms in total. The maximum atomic E-state index is 12.9. The number of hydrogen-bond donors (Lipinski definition) is 2. The molecular formula is C28H39N5O3. The predicted molar refractivity (Wildman–Crippen MR) is 145 cm³/mol. The number of amides is 4. The fourth-order valence-electron chi connectivity index (χ4n) is 4.66. The topological polar surface area (TPSA) is 94.1 Å². The minimum absolute atomic E-state index is 0.0382. The number of aliphatic imine (C=N–C) groups is 1. The molecule has 1 aromatic rings. The molecule has 3 fully saturated rings. The lowest BCUT2D eigenvalue weighted by molar-refractivity contribution is -0.132. The Hall–Kier alpha value is -3.42. The smallest absolute Gasteiger partial charge is 0.322 e. The highest BCUT2D eigenvalue weighted by atomic mass is 16.2. The molecule has 2 aliphatic heterocycles. The van der Waals surface area contributed by atoms with E-state index in [-0.39, 0.29) is 24.2 Å². The molecule has 2 N–H and O–H groups in total. The molecule has 36 heavy (non-hydrogen) atoms. The van der Waals surface area contributed by atoms with Gasteiger partial charge in [-0.1, -0.05) is 45.1 Å². The van der Waals surface area contributed by atoms with Crippen LogP contribution in [0.15, 0.2) is 48.1 Å². The standard InChI is InChI=1S/C25H31N5O3.C3H8/c1-3-11-26-17-18(2)19-5-4-6-21(16-19)29-12-14-30(15-13-29)22(31)9-10-25(20-7-8-20)23(32)27-24(33)28-25;1-3-2/h3-6,11,16-17,20H,1,7-10,12-15H2,2H3,(H2,27,28,32,33);3H2,1-2H3/b18-17+,26-11?;. The van der Waals surface area contributed by atoms with E-state index >= 15 is 0 Å². The van der Waals surface area contributed by atoms with Crippen molar-refractivity contribution in [3.63, 3.8) is 0 Å². The molecule has 1 aliphatic carbocycles. The summed E-state index contributed by atoms with van der Waals surface area (Å²) in [6.45, 7) is 12.7. The van der Waals surface area contributed by atoms with Crippen molar-refractivity contribution < 1.29 is 14.4 Å². The van der Waals surface area contributed by atoms with Crippen LogP contribution in [0, 0.1) is 5.92 Å². The Bertz CT molecular complexity index is 1020. The number of urea groups is 1. The summed E-state index contributed by atoms with van der Waals surface area (Å²) in [5.74, 6) is -0.107. The van der Waals surface area contributed by atoms with Crippen LogP contribution < -0.4 is 15.5 Å². The summed E-state index contributed by atoms with van der Waals surface area (Å²) in [6.07, 6.45) is 8.81. The number of rotatable bonds is 8. The average Bonchev–Trinajstić information content (AvgIpc) is 3.69. The largest absolute Gasteiger partial charge is 0.368 e. The highest BCUT2D eigenvalue weighted by Crippen LogP contribution is 2.43. The Labute approximate surface area is 214 Å². The van der Waals surface area contributed by atoms with E-state index in [9.17, 15) is 14.4 Å². The summed E-state index contributed by atoms with van der Waals surface area (Å²) in [4.78, 5) is 45.3. The van der Waals surface area contributed by atoms with Crippen LogP contribution in [0.1, 0.15) is 58.4 Å². The van der Waals surface area contributed by atoms with Crippen molar-refractivity contribution >= 4 is 35.3 Å². The van der Waals surface area contributed by atoms with Crippen molar-refractivity contribution in [1.82, 2.24) is 15.5 Å². The summed E-state index contributed by atoms with van der Waals surface area (Å²) in [7, 11) is 0. The second-order valence-electron chi connectivity index (χ2n) is 9.63. The normalized spacial score (nSPS) is 22.1. The maximum absolute atomic E-state index is 12.9. The Balaban J connectivity index is 0.00000115. The van der Waals surface area contributed by atoms with Gasteiger partial charge in [-0.15, -0.1) is 0 Å². The molecule has 1 unspecified atom stereocenters. The van der Waals surface area contributed by atoms with Crippen LogP contribution in [0.5, 0.6) is 0 Å². The number of imide groups is 1. The number of piperazine rings is 1. The van der Waals surface area contributed by atoms with Crippen molar-refractivity contribution in [2.45, 2.75) is 58.4 Å². The van der Waals surface area contributed by atoms with Crippen molar-refractivity contribution in [3.05, 3.63) is 48.7 Å². The van der Waals surface area contributed by atoms with Crippen molar-refractivity contribution in [2.75, 3.05) is 31.1 Å². The van der Waals surface area contributed by atoms with Crippen LogP contribution in [0.25, 0.3) is 5.57 Å². The first-order valence-corrected chi connectivity index (χ1v) is 12.9. The molecule has 4 rings (SSSR count). The monoisotopic (exact) mass is 493 g/mol. The Morgan fingerprint density at radius 3 is 2.47 bits per heavy atom. The zero-order chi connectivity index (χ0) is 26.1. The number of carbonyl (C=O) groups is 3. The molecule has 0 aromatic heterocycles. The Morgan fingerprint density at radius 1 is 1.19 bits per heavy atom. The van der Waals surface area contributed by atoms with Crippen molar-refractivity contribution in [3.8, 4) is 0 Å². The molecule has 0 radical (unpaired) electrons. The van der Waals surface area contributed by atoms with Crippen LogP contribution >= 0.6 is 0 Å². The van der Waals surface area contributed by atoms with Crippen LogP contribution in [0.3, 0.4) is 0 Å². The van der Waals surface area contributed by atoms with Gasteiger partial charge in [-0.05, 0) is 55.4 Å². The lowest BCUT2D eigenvalue weighted by atomic mass is 9.87. The third-order valence-corrected chi connectivity index (χ3v) is 6.73. The third-order valence-electron chi connectivity index (χ3n) is 6.73. The van der Waals surface area contributed by atoms with Gasteiger partial charge in [0.15, 0.2) is 0 Å². The number of carbonyl (C=O) groups excluding carboxylic acids is 3. The molecule has 3 aliphatic rings. The van der Waals surface area contributed by atoms with Gasteiger partial charge in [0.1, 0.15) is 5.54 Å². The van der Waals surface area contributed by atoms with E-state index in [1.165, 1.54) is 6.42 Å². The van der Waals surface area contributed by atoms with Gasteiger partial charge in [0.2, 0.25) is 5.91 Å². The summed E-state index contributed by atoms with van der Waals surface area (Å²) in [6, 6.07) is 7.88. The van der Waals surface area contributed by atoms with Gasteiger partial charge in [-0.3, -0.25) is 19.9 Å². The third kappa shape index (κ3) is 6.62. The molecule has 0 bridgehead atoms. The molecule has 1 atom stereocenters. The molecule has 0 spiro atoms. The molecule has 194 valence electrons. The quantitative estimate of drug-likeness (QED) is 0.420. The predicted octanol–water partition coefficient (Wildman–Crippen LogP) is 4.14. The van der Waals surface area contributed by atoms with Crippen LogP contribution in [-0.2, 0) is 9.59 Å². The number of hydrogen-bond acceptors (Lipinski definition) is 5. The Kier molecular flexibility index (Phi) is 9.44. The second-order valence-corrected chi connectivity index (χ2v) is 9.63. The minimum atomic E-state index is -0.907. The fourth-order valence-corrected chi connectivity index (χ4v) is 4.66. The maximum Gasteiger partial charge on any atom is 0.322 e. The van der Waals surface area contributed by atoms with E-state index in [2.05, 4.69) is 59.2 Å². The van der Waals surface area contributed by atoms with Gasteiger partial charge in [-0.2, -0.15) is 0 Å². The van der Waals surface area contributed by atoms with Gasteiger partial charge >= 0.3 is 6.03 Å². The Morgan fingerprint density at radius 2 is 1.89 bits per heavy atom. The zero-order valence-corrected chi connectivity index (χ0v) is 21.8. The summed E-state index contributed by atoms with van der Waals surface area (Å²) in [5, 5.41) is 5.15. The van der Waals surface area contributed by atoms with E-state index in [4.69, 9.17) is 0 Å². The van der Waals surface area contributed by atoms with Crippen molar-refractivity contribution in [1.29, 1.82) is 0 Å². The SMILES string of the molecule is C=CC=N/C=C(\C)c1cccc(N2CCN(C(=O)CCC3(C4CC4)NC(=O)NC3=O)CC2)c1.CCC. The van der Waals surface area contributed by atoms with Gasteiger partial charge in [0.25, 0.3) is 5.91 Å². The lowest BCUT2D eigenvalue weighted by Gasteiger charge is -2.37. The number of benzene rings is 1. The van der Waals surface area contributed by atoms with Crippen molar-refractivity contribution in [2.24, 2.45) is 10.9 Å². The van der Waals surface area contributed by atoms with E-state index in [1.807, 2.05) is 24.1 Å². The van der Waals surface area contributed by atoms with E-state index in [0.717, 1.165) is 42.8 Å². The highest BCUT2D eigenvalue weighted by molar-refractivity contribution is 6.07. The molecule has 4 amide bonds. The lowest BCUT2D eigenvalue weighted by Crippen LogP contribution is -2.51. The van der Waals surface area contributed by atoms with Gasteiger partial charge in [0.05, 0.1) is 0 Å². The van der Waals surface area contributed by atoms with E-state index < -0.39 is 11.6 Å². The number of nitrogens with one attached hydrogen (secondary N) is 2. The van der Waals surface area contributed by atoms with Crippen LogP contribution in [0.4, 0.5) is 10.5 Å². The summed E-state index contributed by atoms with van der Waals surface area (Å²) >= 11 is 0. The minimum Gasteiger partial charge on any atom is -0.368 e. The summed E-state index contributed by atoms with van der Waals surface area (Å²) in [5.41, 5.74) is 2.39. The van der Waals surface area contributed by atoms with Gasteiger partial charge in [0, 0.05) is 50.7 Å². The van der Waals surface area contributed by atoms with E-state index in [0.29, 0.717) is 19.5 Å². The van der Waals surface area contributed by atoms with Crippen LogP contribution in [0.2, 0.25) is 0 Å². The number of anilines is 1. The summed E-state index contributed by atoms with van der Waals surface area (Å²) < 4.78 is 0. The molecular weight excluding hydrogens is 454 g/mol. The number of allylic oxidation sites excluding steroid dienone is 2.